The van der Waals surface area contributed by atoms with Crippen LogP contribution >= 0.6 is 12.2 Å². The van der Waals surface area contributed by atoms with E-state index in [0.29, 0.717) is 12.3 Å². The van der Waals surface area contributed by atoms with E-state index in [1.54, 1.807) is 6.07 Å². The van der Waals surface area contributed by atoms with E-state index in [1.165, 1.54) is 24.4 Å². The molecule has 2 rings (SSSR count). The summed E-state index contributed by atoms with van der Waals surface area (Å²) in [7, 11) is 0. The van der Waals surface area contributed by atoms with Gasteiger partial charge in [0.2, 0.25) is 5.76 Å². The monoisotopic (exact) mass is 351 g/mol. The molecule has 2 N–H and O–H groups in total. The van der Waals surface area contributed by atoms with Gasteiger partial charge in [0.15, 0.2) is 16.7 Å². The molecule has 0 saturated carbocycles. The van der Waals surface area contributed by atoms with Crippen molar-refractivity contribution in [2.24, 2.45) is 0 Å². The first-order valence-corrected chi connectivity index (χ1v) is 7.96. The third-order valence-corrected chi connectivity index (χ3v) is 3.29. The Bertz CT molecular complexity index is 692. The molecule has 1 amide bonds. The van der Waals surface area contributed by atoms with E-state index in [-0.39, 0.29) is 16.6 Å². The maximum absolute atomic E-state index is 14.0. The van der Waals surface area contributed by atoms with Crippen LogP contribution in [0.5, 0.6) is 5.75 Å². The highest BCUT2D eigenvalue weighted by Gasteiger charge is 2.12. The van der Waals surface area contributed by atoms with Crippen molar-refractivity contribution in [2.45, 2.75) is 26.2 Å². The molecule has 6 nitrogen and oxygen atoms in total. The number of hydrogen-bond donors (Lipinski definition) is 2. The molecule has 0 aliphatic rings. The second-order valence-corrected chi connectivity index (χ2v) is 5.39. The Morgan fingerprint density at radius 2 is 2.21 bits per heavy atom. The normalized spacial score (nSPS) is 10.2. The topological polar surface area (TPSA) is 76.4 Å². The van der Waals surface area contributed by atoms with Crippen LogP contribution in [0.3, 0.4) is 0 Å². The SMILES string of the molecule is CCCCCOc1ccc(NC(=S)NC(=O)c2ccno2)cc1F. The third-order valence-electron chi connectivity index (χ3n) is 3.08. The number of halogens is 1. The van der Waals surface area contributed by atoms with Crippen LogP contribution in [0.1, 0.15) is 36.7 Å². The Balaban J connectivity index is 1.87. The number of nitrogens with one attached hydrogen (secondary N) is 2. The Kier molecular flexibility index (Phi) is 6.68. The van der Waals surface area contributed by atoms with Crippen molar-refractivity contribution < 1.29 is 18.4 Å². The Labute approximate surface area is 144 Å². The minimum atomic E-state index is -0.540. The van der Waals surface area contributed by atoms with Crippen molar-refractivity contribution >= 4 is 28.9 Å². The van der Waals surface area contributed by atoms with Crippen LogP contribution in [0.25, 0.3) is 0 Å². The van der Waals surface area contributed by atoms with E-state index in [1.807, 2.05) is 0 Å². The summed E-state index contributed by atoms with van der Waals surface area (Å²) in [6.07, 6.45) is 4.35. The first kappa shape index (κ1) is 17.9. The van der Waals surface area contributed by atoms with Crippen LogP contribution in [0, 0.1) is 5.82 Å². The van der Waals surface area contributed by atoms with Gasteiger partial charge < -0.3 is 14.6 Å². The number of carbonyl (C=O) groups is 1. The van der Waals surface area contributed by atoms with Crippen molar-refractivity contribution in [2.75, 3.05) is 11.9 Å². The van der Waals surface area contributed by atoms with E-state index >= 15 is 0 Å². The Morgan fingerprint density at radius 1 is 1.38 bits per heavy atom. The quantitative estimate of drug-likeness (QED) is 0.587. The predicted octanol–water partition coefficient (Wildman–Crippen LogP) is 3.51. The number of hydrogen-bond acceptors (Lipinski definition) is 5. The average Bonchev–Trinajstić information content (AvgIpc) is 3.07. The van der Waals surface area contributed by atoms with Gasteiger partial charge in [-0.25, -0.2) is 4.39 Å². The first-order chi connectivity index (χ1) is 11.6. The molecule has 0 atom stereocenters. The van der Waals surface area contributed by atoms with Gasteiger partial charge in [-0.1, -0.05) is 24.9 Å². The minimum Gasteiger partial charge on any atom is -0.491 e. The molecule has 0 aliphatic carbocycles. The average molecular weight is 351 g/mol. The van der Waals surface area contributed by atoms with Gasteiger partial charge in [-0.15, -0.1) is 0 Å². The fraction of sp³-hybridized carbons (Fsp3) is 0.312. The summed E-state index contributed by atoms with van der Waals surface area (Å²) in [4.78, 5) is 11.7. The molecule has 0 fully saturated rings. The van der Waals surface area contributed by atoms with Gasteiger partial charge in [0.05, 0.1) is 12.8 Å². The number of thiocarbonyl (C=S) groups is 1. The zero-order chi connectivity index (χ0) is 17.4. The maximum atomic E-state index is 14.0. The Morgan fingerprint density at radius 3 is 2.88 bits per heavy atom. The molecule has 0 spiro atoms. The van der Waals surface area contributed by atoms with Gasteiger partial charge in [0, 0.05) is 17.8 Å². The number of nitrogens with zero attached hydrogens (tertiary/aromatic N) is 1. The Hall–Kier alpha value is -2.48. The van der Waals surface area contributed by atoms with Gasteiger partial charge >= 0.3 is 0 Å². The zero-order valence-corrected chi connectivity index (χ0v) is 14.0. The van der Waals surface area contributed by atoms with Gasteiger partial charge in [0.1, 0.15) is 0 Å². The summed E-state index contributed by atoms with van der Waals surface area (Å²) in [5.74, 6) is -0.823. The molecule has 1 heterocycles. The summed E-state index contributed by atoms with van der Waals surface area (Å²) in [6, 6.07) is 5.79. The van der Waals surface area contributed by atoms with Crippen molar-refractivity contribution in [3.05, 3.63) is 42.0 Å². The third kappa shape index (κ3) is 5.31. The molecular formula is C16H18FN3O3S. The van der Waals surface area contributed by atoms with Crippen LogP contribution in [0.2, 0.25) is 0 Å². The standard InChI is InChI=1S/C16H18FN3O3S/c1-2-3-4-9-22-13-6-5-11(10-12(13)17)19-16(24)20-15(21)14-7-8-18-23-14/h5-8,10H,2-4,9H2,1H3,(H2,19,20,21,24). The van der Waals surface area contributed by atoms with Crippen LogP contribution in [-0.2, 0) is 0 Å². The summed E-state index contributed by atoms with van der Waals surface area (Å²) < 4.78 is 24.1. The van der Waals surface area contributed by atoms with Crippen LogP contribution in [0.4, 0.5) is 10.1 Å². The molecule has 2 aromatic rings. The van der Waals surface area contributed by atoms with E-state index in [2.05, 4.69) is 22.7 Å². The highest BCUT2D eigenvalue weighted by Crippen LogP contribution is 2.21. The number of benzene rings is 1. The van der Waals surface area contributed by atoms with E-state index in [9.17, 15) is 9.18 Å². The van der Waals surface area contributed by atoms with Crippen molar-refractivity contribution in [1.82, 2.24) is 10.5 Å². The van der Waals surface area contributed by atoms with Gasteiger partial charge in [-0.3, -0.25) is 10.1 Å². The van der Waals surface area contributed by atoms with E-state index in [4.69, 9.17) is 21.5 Å². The lowest BCUT2D eigenvalue weighted by Gasteiger charge is -2.11. The second kappa shape index (κ2) is 8.97. The van der Waals surface area contributed by atoms with Crippen molar-refractivity contribution in [1.29, 1.82) is 0 Å². The molecular weight excluding hydrogens is 333 g/mol. The summed E-state index contributed by atoms with van der Waals surface area (Å²) in [5, 5.41) is 8.58. The number of carbonyl (C=O) groups excluding carboxylic acids is 1. The second-order valence-electron chi connectivity index (χ2n) is 4.99. The molecule has 1 aromatic carbocycles. The summed E-state index contributed by atoms with van der Waals surface area (Å²) in [5.41, 5.74) is 0.399. The molecule has 8 heteroatoms. The fourth-order valence-electron chi connectivity index (χ4n) is 1.89. The van der Waals surface area contributed by atoms with Gasteiger partial charge in [-0.05, 0) is 30.8 Å². The van der Waals surface area contributed by atoms with Gasteiger partial charge in [0.25, 0.3) is 5.91 Å². The lowest BCUT2D eigenvalue weighted by Crippen LogP contribution is -2.33. The summed E-state index contributed by atoms with van der Waals surface area (Å²) in [6.45, 7) is 2.56. The molecule has 0 aliphatic heterocycles. The molecule has 128 valence electrons. The van der Waals surface area contributed by atoms with Crippen LogP contribution in [0.15, 0.2) is 35.0 Å². The lowest BCUT2D eigenvalue weighted by molar-refractivity contribution is 0.0941. The van der Waals surface area contributed by atoms with E-state index in [0.717, 1.165) is 19.3 Å². The number of anilines is 1. The summed E-state index contributed by atoms with van der Waals surface area (Å²) >= 11 is 5.00. The molecule has 1 aromatic heterocycles. The highest BCUT2D eigenvalue weighted by atomic mass is 32.1. The smallest absolute Gasteiger partial charge is 0.296 e. The number of ether oxygens (including phenoxy) is 1. The van der Waals surface area contributed by atoms with E-state index < -0.39 is 11.7 Å². The lowest BCUT2D eigenvalue weighted by atomic mass is 10.2. The molecule has 0 unspecified atom stereocenters. The number of rotatable bonds is 7. The molecule has 24 heavy (non-hydrogen) atoms. The number of aromatic nitrogens is 1. The van der Waals surface area contributed by atoms with Crippen molar-refractivity contribution in [3.63, 3.8) is 0 Å². The zero-order valence-electron chi connectivity index (χ0n) is 13.2. The van der Waals surface area contributed by atoms with Crippen molar-refractivity contribution in [3.8, 4) is 5.75 Å². The molecule has 0 saturated heterocycles. The van der Waals surface area contributed by atoms with Crippen LogP contribution in [-0.4, -0.2) is 22.8 Å². The number of unbranched alkanes of at least 4 members (excludes halogenated alkanes) is 2. The van der Waals surface area contributed by atoms with Crippen LogP contribution < -0.4 is 15.4 Å². The predicted molar refractivity (Wildman–Crippen MR) is 91.6 cm³/mol. The number of amides is 1. The fourth-order valence-corrected chi connectivity index (χ4v) is 2.10. The first-order valence-electron chi connectivity index (χ1n) is 7.55. The largest absolute Gasteiger partial charge is 0.491 e. The molecule has 0 bridgehead atoms. The highest BCUT2D eigenvalue weighted by molar-refractivity contribution is 7.80. The molecule has 0 radical (unpaired) electrons. The minimum absolute atomic E-state index is 0.0208. The maximum Gasteiger partial charge on any atom is 0.296 e. The van der Waals surface area contributed by atoms with Gasteiger partial charge in [-0.2, -0.15) is 0 Å².